The number of benzene rings is 1. The number of hydrogen-bond donors (Lipinski definition) is 1. The fourth-order valence-corrected chi connectivity index (χ4v) is 2.75. The molecule has 0 radical (unpaired) electrons. The lowest BCUT2D eigenvalue weighted by molar-refractivity contribution is -0.126. The Morgan fingerprint density at radius 2 is 1.96 bits per heavy atom. The van der Waals surface area contributed by atoms with E-state index in [2.05, 4.69) is 5.32 Å². The van der Waals surface area contributed by atoms with Crippen molar-refractivity contribution in [3.05, 3.63) is 54.5 Å². The highest BCUT2D eigenvalue weighted by atomic mass is 16.3. The lowest BCUT2D eigenvalue weighted by Crippen LogP contribution is -2.34. The number of nitrogens with zero attached hydrogens (tertiary/aromatic N) is 1. The molecule has 5 heteroatoms. The van der Waals surface area contributed by atoms with Gasteiger partial charge in [-0.05, 0) is 37.6 Å². The summed E-state index contributed by atoms with van der Waals surface area (Å²) in [5.74, 6) is 0.212. The van der Waals surface area contributed by atoms with E-state index in [1.807, 2.05) is 43.3 Å². The first-order valence-corrected chi connectivity index (χ1v) is 7.87. The molecular formula is C18H20N2O3. The maximum atomic E-state index is 12.6. The molecular weight excluding hydrogens is 292 g/mol. The van der Waals surface area contributed by atoms with E-state index < -0.39 is 0 Å². The van der Waals surface area contributed by atoms with Crippen LogP contribution < -0.4 is 10.2 Å². The van der Waals surface area contributed by atoms with Gasteiger partial charge in [0, 0.05) is 12.2 Å². The molecule has 1 aromatic carbocycles. The van der Waals surface area contributed by atoms with E-state index in [0.717, 1.165) is 5.69 Å². The van der Waals surface area contributed by atoms with Crippen LogP contribution in [0.2, 0.25) is 0 Å². The highest BCUT2D eigenvalue weighted by molar-refractivity contribution is 6.01. The minimum atomic E-state index is -0.227. The van der Waals surface area contributed by atoms with Gasteiger partial charge in [0.15, 0.2) is 0 Å². The van der Waals surface area contributed by atoms with Gasteiger partial charge in [0.05, 0.1) is 24.6 Å². The first kappa shape index (κ1) is 15.3. The Morgan fingerprint density at radius 3 is 2.61 bits per heavy atom. The van der Waals surface area contributed by atoms with Crippen molar-refractivity contribution in [2.24, 2.45) is 11.8 Å². The molecule has 1 saturated carbocycles. The summed E-state index contributed by atoms with van der Waals surface area (Å²) in [5, 5.41) is 2.83. The summed E-state index contributed by atoms with van der Waals surface area (Å²) < 4.78 is 5.18. The van der Waals surface area contributed by atoms with Crippen molar-refractivity contribution >= 4 is 17.5 Å². The lowest BCUT2D eigenvalue weighted by atomic mass is 10.2. The normalized spacial score (nSPS) is 19.2. The van der Waals surface area contributed by atoms with Crippen LogP contribution in [0.4, 0.5) is 5.69 Å². The predicted octanol–water partition coefficient (Wildman–Crippen LogP) is 2.58. The smallest absolute Gasteiger partial charge is 0.230 e. The molecule has 1 heterocycles. The first-order chi connectivity index (χ1) is 11.2. The number of rotatable bonds is 6. The molecule has 1 fully saturated rings. The Balaban J connectivity index is 1.56. The number of carbonyl (C=O) groups excluding carboxylic acids is 2. The van der Waals surface area contributed by atoms with Crippen LogP contribution in [-0.2, 0) is 16.1 Å². The van der Waals surface area contributed by atoms with Gasteiger partial charge in [0.1, 0.15) is 5.76 Å². The Kier molecular flexibility index (Phi) is 4.46. The molecule has 2 aromatic rings. The van der Waals surface area contributed by atoms with E-state index in [9.17, 15) is 9.59 Å². The largest absolute Gasteiger partial charge is 0.467 e. The van der Waals surface area contributed by atoms with Gasteiger partial charge in [-0.2, -0.15) is 0 Å². The quantitative estimate of drug-likeness (QED) is 0.892. The molecule has 1 N–H and O–H groups in total. The summed E-state index contributed by atoms with van der Waals surface area (Å²) in [6, 6.07) is 13.2. The monoisotopic (exact) mass is 312 g/mol. The van der Waals surface area contributed by atoms with Crippen molar-refractivity contribution in [1.29, 1.82) is 0 Å². The molecule has 2 unspecified atom stereocenters. The third kappa shape index (κ3) is 3.44. The number of hydrogen-bond acceptors (Lipinski definition) is 3. The molecule has 1 aliphatic carbocycles. The van der Waals surface area contributed by atoms with E-state index in [0.29, 0.717) is 25.3 Å². The van der Waals surface area contributed by atoms with Crippen molar-refractivity contribution in [2.45, 2.75) is 19.9 Å². The zero-order chi connectivity index (χ0) is 16.2. The molecule has 0 saturated heterocycles. The second-order valence-corrected chi connectivity index (χ2v) is 5.66. The van der Waals surface area contributed by atoms with Gasteiger partial charge in [-0.15, -0.1) is 0 Å². The molecule has 2 amide bonds. The predicted molar refractivity (Wildman–Crippen MR) is 86.6 cm³/mol. The Morgan fingerprint density at radius 1 is 1.17 bits per heavy atom. The summed E-state index contributed by atoms with van der Waals surface area (Å²) >= 11 is 0. The average molecular weight is 312 g/mol. The Hall–Kier alpha value is -2.56. The number of amides is 2. The van der Waals surface area contributed by atoms with Gasteiger partial charge in [0.2, 0.25) is 11.8 Å². The number of carbonyl (C=O) groups is 2. The van der Waals surface area contributed by atoms with Crippen LogP contribution >= 0.6 is 0 Å². The van der Waals surface area contributed by atoms with Gasteiger partial charge in [-0.25, -0.2) is 0 Å². The molecule has 0 aliphatic heterocycles. The van der Waals surface area contributed by atoms with Crippen LogP contribution in [0.3, 0.4) is 0 Å². The zero-order valence-corrected chi connectivity index (χ0v) is 13.1. The van der Waals surface area contributed by atoms with E-state index >= 15 is 0 Å². The van der Waals surface area contributed by atoms with Crippen LogP contribution in [0, 0.1) is 11.8 Å². The molecule has 1 aliphatic rings. The van der Waals surface area contributed by atoms with Crippen LogP contribution in [0.5, 0.6) is 0 Å². The van der Waals surface area contributed by atoms with Gasteiger partial charge in [0.25, 0.3) is 0 Å². The van der Waals surface area contributed by atoms with E-state index in [1.165, 1.54) is 0 Å². The molecule has 1 aromatic heterocycles. The molecule has 2 atom stereocenters. The van der Waals surface area contributed by atoms with Gasteiger partial charge in [-0.3, -0.25) is 9.59 Å². The highest BCUT2D eigenvalue weighted by Gasteiger charge is 2.49. The van der Waals surface area contributed by atoms with Gasteiger partial charge < -0.3 is 14.6 Å². The molecule has 3 rings (SSSR count). The van der Waals surface area contributed by atoms with Crippen molar-refractivity contribution in [3.63, 3.8) is 0 Å². The first-order valence-electron chi connectivity index (χ1n) is 7.87. The van der Waals surface area contributed by atoms with Crippen molar-refractivity contribution in [3.8, 4) is 0 Å². The zero-order valence-electron chi connectivity index (χ0n) is 13.1. The van der Waals surface area contributed by atoms with E-state index in [1.54, 1.807) is 17.2 Å². The fraction of sp³-hybridized carbons (Fsp3) is 0.333. The Labute approximate surface area is 135 Å². The SMILES string of the molecule is CCN(C(=O)C1CC1C(=O)NCc1ccco1)c1ccccc1. The maximum Gasteiger partial charge on any atom is 0.230 e. The van der Waals surface area contributed by atoms with Crippen molar-refractivity contribution in [1.82, 2.24) is 5.32 Å². The lowest BCUT2D eigenvalue weighted by Gasteiger charge is -2.21. The minimum Gasteiger partial charge on any atom is -0.467 e. The summed E-state index contributed by atoms with van der Waals surface area (Å²) in [6.45, 7) is 2.90. The summed E-state index contributed by atoms with van der Waals surface area (Å²) in [5.41, 5.74) is 0.877. The number of anilines is 1. The number of furan rings is 1. The highest BCUT2D eigenvalue weighted by Crippen LogP contribution is 2.41. The molecule has 23 heavy (non-hydrogen) atoms. The van der Waals surface area contributed by atoms with Crippen molar-refractivity contribution in [2.75, 3.05) is 11.4 Å². The maximum absolute atomic E-state index is 12.6. The number of para-hydroxylation sites is 1. The average Bonchev–Trinajstić information content (AvgIpc) is 3.22. The summed E-state index contributed by atoms with van der Waals surface area (Å²) in [7, 11) is 0. The number of nitrogens with one attached hydrogen (secondary N) is 1. The summed E-state index contributed by atoms with van der Waals surface area (Å²) in [4.78, 5) is 26.5. The van der Waals surface area contributed by atoms with Crippen molar-refractivity contribution < 1.29 is 14.0 Å². The van der Waals surface area contributed by atoms with Crippen LogP contribution in [0.1, 0.15) is 19.1 Å². The van der Waals surface area contributed by atoms with E-state index in [-0.39, 0.29) is 23.7 Å². The summed E-state index contributed by atoms with van der Waals surface area (Å²) in [6.07, 6.45) is 2.19. The third-order valence-electron chi connectivity index (χ3n) is 4.11. The standard InChI is InChI=1S/C18H20N2O3/c1-2-20(13-7-4-3-5-8-13)18(22)16-11-15(16)17(21)19-12-14-9-6-10-23-14/h3-10,15-16H,2,11-12H2,1H3,(H,19,21). The minimum absolute atomic E-state index is 0.0249. The topological polar surface area (TPSA) is 62.6 Å². The second kappa shape index (κ2) is 6.69. The fourth-order valence-electron chi connectivity index (χ4n) is 2.75. The van der Waals surface area contributed by atoms with Gasteiger partial charge >= 0.3 is 0 Å². The molecule has 0 spiro atoms. The van der Waals surface area contributed by atoms with Gasteiger partial charge in [-0.1, -0.05) is 18.2 Å². The molecule has 120 valence electrons. The van der Waals surface area contributed by atoms with Crippen LogP contribution in [-0.4, -0.2) is 18.4 Å². The van der Waals surface area contributed by atoms with Crippen LogP contribution in [0.25, 0.3) is 0 Å². The van der Waals surface area contributed by atoms with Crippen LogP contribution in [0.15, 0.2) is 53.1 Å². The third-order valence-corrected chi connectivity index (χ3v) is 4.11. The Bertz CT molecular complexity index is 667. The molecule has 5 nitrogen and oxygen atoms in total. The second-order valence-electron chi connectivity index (χ2n) is 5.66. The van der Waals surface area contributed by atoms with E-state index in [4.69, 9.17) is 4.42 Å². The molecule has 0 bridgehead atoms.